The zero-order chi connectivity index (χ0) is 14.1. The molecule has 104 valence electrons. The third kappa shape index (κ3) is 5.44. The number of benzene rings is 1. The Labute approximate surface area is 118 Å². The lowest BCUT2D eigenvalue weighted by atomic mass is 9.93. The van der Waals surface area contributed by atoms with Crippen LogP contribution in [0.25, 0.3) is 6.08 Å². The van der Waals surface area contributed by atoms with E-state index in [1.165, 1.54) is 5.56 Å². The topological polar surface area (TPSA) is 9.23 Å². The molecule has 0 saturated carbocycles. The summed E-state index contributed by atoms with van der Waals surface area (Å²) in [6, 6.07) is 10.3. The Morgan fingerprint density at radius 1 is 1.11 bits per heavy atom. The normalized spacial score (nSPS) is 26.6. The molecule has 1 aromatic rings. The summed E-state index contributed by atoms with van der Waals surface area (Å²) in [6.45, 7) is 10.1. The average molecular weight is 258 g/mol. The molecule has 0 amide bonds. The molecule has 0 N–H and O–H groups in total. The summed E-state index contributed by atoms with van der Waals surface area (Å²) in [4.78, 5) is 0. The summed E-state index contributed by atoms with van der Waals surface area (Å²) in [5.74, 6) is 0.706. The van der Waals surface area contributed by atoms with E-state index in [2.05, 4.69) is 49.9 Å². The largest absolute Gasteiger partial charge is 0.367 e. The molecule has 1 heterocycles. The Balaban J connectivity index is 0.000000861. The van der Waals surface area contributed by atoms with Crippen LogP contribution in [0.2, 0.25) is 0 Å². The maximum atomic E-state index is 5.92. The van der Waals surface area contributed by atoms with Gasteiger partial charge in [0.05, 0.1) is 12.2 Å². The van der Waals surface area contributed by atoms with Crippen molar-refractivity contribution in [3.8, 4) is 0 Å². The molecule has 0 aromatic heterocycles. The van der Waals surface area contributed by atoms with Crippen LogP contribution in [-0.4, -0.2) is 12.2 Å². The van der Waals surface area contributed by atoms with Crippen LogP contribution in [0.4, 0.5) is 0 Å². The van der Waals surface area contributed by atoms with Gasteiger partial charge in [-0.25, -0.2) is 0 Å². The average Bonchev–Trinajstić information content (AvgIpc) is 2.48. The van der Waals surface area contributed by atoms with Crippen molar-refractivity contribution in [3.05, 3.63) is 54.6 Å². The van der Waals surface area contributed by atoms with Gasteiger partial charge in [0.2, 0.25) is 0 Å². The van der Waals surface area contributed by atoms with E-state index in [9.17, 15) is 0 Å². The maximum Gasteiger partial charge on any atom is 0.0769 e. The SMILES string of the molecule is C=C[C@H]1C[C@@H](C)C[C@@H](/C=C\c2ccccc2)O1.CC. The molecule has 1 nitrogen and oxygen atoms in total. The predicted octanol–water partition coefficient (Wildman–Crippen LogP) is 5.10. The molecule has 0 bridgehead atoms. The minimum atomic E-state index is 0.212. The molecular weight excluding hydrogens is 232 g/mol. The van der Waals surface area contributed by atoms with Crippen molar-refractivity contribution in [2.45, 2.75) is 45.8 Å². The highest BCUT2D eigenvalue weighted by Crippen LogP contribution is 2.26. The third-order valence-electron chi connectivity index (χ3n) is 3.18. The Bertz CT molecular complexity index is 380. The van der Waals surface area contributed by atoms with Gasteiger partial charge < -0.3 is 4.74 Å². The van der Waals surface area contributed by atoms with Gasteiger partial charge >= 0.3 is 0 Å². The third-order valence-corrected chi connectivity index (χ3v) is 3.18. The Kier molecular flexibility index (Phi) is 7.20. The molecule has 1 aromatic carbocycles. The van der Waals surface area contributed by atoms with Gasteiger partial charge in [-0.2, -0.15) is 0 Å². The summed E-state index contributed by atoms with van der Waals surface area (Å²) in [6.07, 6.45) is 8.86. The molecule has 1 saturated heterocycles. The van der Waals surface area contributed by atoms with Crippen LogP contribution in [0.3, 0.4) is 0 Å². The predicted molar refractivity (Wildman–Crippen MR) is 84.1 cm³/mol. The summed E-state index contributed by atoms with van der Waals surface area (Å²) in [7, 11) is 0. The molecule has 0 radical (unpaired) electrons. The number of hydrogen-bond donors (Lipinski definition) is 0. The molecule has 2 rings (SSSR count). The van der Waals surface area contributed by atoms with Gasteiger partial charge in [0.15, 0.2) is 0 Å². The van der Waals surface area contributed by atoms with Crippen LogP contribution >= 0.6 is 0 Å². The van der Waals surface area contributed by atoms with Crippen molar-refractivity contribution >= 4 is 6.08 Å². The number of hydrogen-bond acceptors (Lipinski definition) is 1. The molecule has 1 fully saturated rings. The second-order valence-electron chi connectivity index (χ2n) is 4.80. The van der Waals surface area contributed by atoms with Gasteiger partial charge in [-0.05, 0) is 24.3 Å². The molecule has 19 heavy (non-hydrogen) atoms. The van der Waals surface area contributed by atoms with Crippen LogP contribution in [0.5, 0.6) is 0 Å². The Morgan fingerprint density at radius 2 is 1.74 bits per heavy atom. The van der Waals surface area contributed by atoms with E-state index in [1.807, 2.05) is 26.0 Å². The van der Waals surface area contributed by atoms with Crippen molar-refractivity contribution in [1.29, 1.82) is 0 Å². The first-order valence-corrected chi connectivity index (χ1v) is 7.29. The van der Waals surface area contributed by atoms with Crippen LogP contribution in [0, 0.1) is 5.92 Å². The van der Waals surface area contributed by atoms with Crippen molar-refractivity contribution in [2.75, 3.05) is 0 Å². The molecule has 1 aliphatic heterocycles. The number of ether oxygens (including phenoxy) is 1. The van der Waals surface area contributed by atoms with Crippen molar-refractivity contribution in [1.82, 2.24) is 0 Å². The van der Waals surface area contributed by atoms with E-state index in [4.69, 9.17) is 4.74 Å². The lowest BCUT2D eigenvalue weighted by molar-refractivity contribution is -0.0183. The van der Waals surface area contributed by atoms with Gasteiger partial charge in [-0.1, -0.05) is 69.3 Å². The Hall–Kier alpha value is -1.34. The van der Waals surface area contributed by atoms with Crippen molar-refractivity contribution < 1.29 is 4.74 Å². The molecule has 0 aliphatic carbocycles. The van der Waals surface area contributed by atoms with E-state index >= 15 is 0 Å². The molecule has 0 spiro atoms. The van der Waals surface area contributed by atoms with Crippen LogP contribution < -0.4 is 0 Å². The molecule has 0 unspecified atom stereocenters. The van der Waals surface area contributed by atoms with Crippen LogP contribution in [0.15, 0.2) is 49.1 Å². The van der Waals surface area contributed by atoms with Crippen molar-refractivity contribution in [2.24, 2.45) is 5.92 Å². The lowest BCUT2D eigenvalue weighted by Gasteiger charge is -2.30. The standard InChI is InChI=1S/C16H20O.C2H6/c1-3-15-11-13(2)12-16(17-15)10-9-14-7-5-4-6-8-14;1-2/h3-10,13,15-16H,1,11-12H2,2H3;1-2H3/b10-9-;/t13-,15+,16-;/m1./s1. The monoisotopic (exact) mass is 258 g/mol. The van der Waals surface area contributed by atoms with Gasteiger partial charge in [0, 0.05) is 0 Å². The van der Waals surface area contributed by atoms with Crippen LogP contribution in [-0.2, 0) is 4.74 Å². The zero-order valence-electron chi connectivity index (χ0n) is 12.4. The fraction of sp³-hybridized carbons (Fsp3) is 0.444. The summed E-state index contributed by atoms with van der Waals surface area (Å²) < 4.78 is 5.92. The van der Waals surface area contributed by atoms with Gasteiger partial charge in [-0.15, -0.1) is 6.58 Å². The first-order chi connectivity index (χ1) is 9.28. The first-order valence-electron chi connectivity index (χ1n) is 7.29. The summed E-state index contributed by atoms with van der Waals surface area (Å²) >= 11 is 0. The van der Waals surface area contributed by atoms with Gasteiger partial charge in [0.1, 0.15) is 0 Å². The minimum Gasteiger partial charge on any atom is -0.367 e. The molecule has 3 atom stereocenters. The lowest BCUT2D eigenvalue weighted by Crippen LogP contribution is -2.29. The summed E-state index contributed by atoms with van der Waals surface area (Å²) in [5, 5.41) is 0. The maximum absolute atomic E-state index is 5.92. The fourth-order valence-electron chi connectivity index (χ4n) is 2.28. The van der Waals surface area contributed by atoms with E-state index < -0.39 is 0 Å². The van der Waals surface area contributed by atoms with Crippen LogP contribution in [0.1, 0.15) is 39.2 Å². The quantitative estimate of drug-likeness (QED) is 0.686. The highest BCUT2D eigenvalue weighted by Gasteiger charge is 2.23. The van der Waals surface area contributed by atoms with E-state index in [-0.39, 0.29) is 12.2 Å². The van der Waals surface area contributed by atoms with E-state index in [0.29, 0.717) is 5.92 Å². The van der Waals surface area contributed by atoms with E-state index in [0.717, 1.165) is 12.8 Å². The second-order valence-corrected chi connectivity index (χ2v) is 4.80. The second kappa shape index (κ2) is 8.71. The molecule has 1 aliphatic rings. The highest BCUT2D eigenvalue weighted by atomic mass is 16.5. The molecular formula is C18H26O. The smallest absolute Gasteiger partial charge is 0.0769 e. The summed E-state index contributed by atoms with van der Waals surface area (Å²) in [5.41, 5.74) is 1.23. The fourth-order valence-corrected chi connectivity index (χ4v) is 2.28. The van der Waals surface area contributed by atoms with E-state index in [1.54, 1.807) is 0 Å². The molecule has 1 heteroatoms. The Morgan fingerprint density at radius 3 is 2.37 bits per heavy atom. The highest BCUT2D eigenvalue weighted by molar-refractivity contribution is 5.49. The zero-order valence-corrected chi connectivity index (χ0v) is 12.4. The van der Waals surface area contributed by atoms with Gasteiger partial charge in [-0.3, -0.25) is 0 Å². The first kappa shape index (κ1) is 15.7. The van der Waals surface area contributed by atoms with Crippen molar-refractivity contribution in [3.63, 3.8) is 0 Å². The number of rotatable bonds is 3. The minimum absolute atomic E-state index is 0.212. The van der Waals surface area contributed by atoms with Gasteiger partial charge in [0.25, 0.3) is 0 Å².